The quantitative estimate of drug-likeness (QED) is 0.741. The van der Waals surface area contributed by atoms with Gasteiger partial charge in [0.05, 0.1) is 45.2 Å². The van der Waals surface area contributed by atoms with E-state index in [9.17, 15) is 14.4 Å². The molecule has 2 heterocycles. The summed E-state index contributed by atoms with van der Waals surface area (Å²) >= 11 is 0.898. The van der Waals surface area contributed by atoms with E-state index in [1.165, 1.54) is 4.90 Å². The molecule has 27 heavy (non-hydrogen) atoms. The van der Waals surface area contributed by atoms with Crippen molar-refractivity contribution in [1.82, 2.24) is 9.80 Å². The number of nitrogens with one attached hydrogen (secondary N) is 1. The fraction of sp³-hybridized carbons (Fsp3) is 0.421. The lowest BCUT2D eigenvalue weighted by Crippen LogP contribution is -3.12. The second-order valence-corrected chi connectivity index (χ2v) is 7.66. The number of amides is 3. The number of thioether (sulfide) groups is 1. The average molecular weight is 390 g/mol. The summed E-state index contributed by atoms with van der Waals surface area (Å²) < 4.78 is 5.28. The predicted octanol–water partition coefficient (Wildman–Crippen LogP) is 0.479. The van der Waals surface area contributed by atoms with Crippen LogP contribution in [0.1, 0.15) is 12.0 Å². The molecular weight excluding hydrogens is 366 g/mol. The maximum atomic E-state index is 12.6. The number of benzene rings is 1. The minimum atomic E-state index is -0.355. The number of quaternary nitrogens is 1. The van der Waals surface area contributed by atoms with Crippen molar-refractivity contribution in [2.75, 3.05) is 46.9 Å². The highest BCUT2D eigenvalue weighted by Crippen LogP contribution is 2.33. The van der Waals surface area contributed by atoms with Gasteiger partial charge < -0.3 is 14.5 Å². The number of ether oxygens (including phenoxy) is 1. The molecule has 8 heteroatoms. The smallest absolute Gasteiger partial charge is 0.293 e. The summed E-state index contributed by atoms with van der Waals surface area (Å²) in [6, 6.07) is 7.31. The van der Waals surface area contributed by atoms with Crippen molar-refractivity contribution in [3.05, 3.63) is 34.7 Å². The number of likely N-dealkylation sites (N-methyl/N-ethyl adjacent to an activating group) is 1. The van der Waals surface area contributed by atoms with Crippen LogP contribution in [0.4, 0.5) is 4.79 Å². The Kier molecular flexibility index (Phi) is 6.18. The lowest BCUT2D eigenvalue weighted by molar-refractivity contribution is -0.883. The van der Waals surface area contributed by atoms with Gasteiger partial charge in [-0.05, 0) is 23.9 Å². The zero-order valence-electron chi connectivity index (χ0n) is 15.6. The topological polar surface area (TPSA) is 71.4 Å². The lowest BCUT2D eigenvalue weighted by Gasteiger charge is -2.30. The zero-order chi connectivity index (χ0) is 19.4. The highest BCUT2D eigenvalue weighted by molar-refractivity contribution is 8.18. The van der Waals surface area contributed by atoms with Crippen molar-refractivity contribution in [2.45, 2.75) is 6.42 Å². The number of rotatable bonds is 5. The summed E-state index contributed by atoms with van der Waals surface area (Å²) in [5.41, 5.74) is 0.738. The Hall–Kier alpha value is -2.32. The molecule has 0 aromatic heterocycles. The number of hydrogen-bond donors (Lipinski definition) is 1. The number of methoxy groups -OCH3 is 1. The standard InChI is InChI=1S/C19H23N3O4S/c1-20-9-11-21(12-10-20)17(23)7-8-22-18(24)16(27-19(22)25)13-14-5-3-4-6-15(14)26-2/h3-6,13H,7-12H2,1-2H3/p+1. The normalized spacial score (nSPS) is 19.9. The van der Waals surface area contributed by atoms with Crippen molar-refractivity contribution in [1.29, 1.82) is 0 Å². The molecule has 1 N–H and O–H groups in total. The SMILES string of the molecule is COc1ccccc1C=C1SC(=O)N(CCC(=O)N2CC[NH+](C)CC2)C1=O. The Balaban J connectivity index is 1.62. The third kappa shape index (κ3) is 4.51. The molecule has 0 bridgehead atoms. The van der Waals surface area contributed by atoms with Crippen LogP contribution in [0.25, 0.3) is 6.08 Å². The van der Waals surface area contributed by atoms with E-state index in [1.54, 1.807) is 19.3 Å². The first-order valence-corrected chi connectivity index (χ1v) is 9.78. The Labute approximate surface area is 162 Å². The minimum Gasteiger partial charge on any atom is -0.496 e. The van der Waals surface area contributed by atoms with Crippen molar-refractivity contribution in [3.63, 3.8) is 0 Å². The highest BCUT2D eigenvalue weighted by Gasteiger charge is 2.35. The molecule has 2 fully saturated rings. The largest absolute Gasteiger partial charge is 0.496 e. The molecule has 2 saturated heterocycles. The second kappa shape index (κ2) is 8.58. The summed E-state index contributed by atoms with van der Waals surface area (Å²) in [7, 11) is 3.67. The average Bonchev–Trinajstić information content (AvgIpc) is 2.94. The lowest BCUT2D eigenvalue weighted by atomic mass is 10.2. The first-order valence-electron chi connectivity index (χ1n) is 8.97. The molecule has 0 spiro atoms. The number of imide groups is 1. The summed E-state index contributed by atoms with van der Waals surface area (Å²) in [6.45, 7) is 3.41. The molecule has 2 aliphatic heterocycles. The van der Waals surface area contributed by atoms with Crippen LogP contribution in [0.15, 0.2) is 29.2 Å². The van der Waals surface area contributed by atoms with E-state index in [0.717, 1.165) is 48.4 Å². The van der Waals surface area contributed by atoms with Crippen LogP contribution in [-0.2, 0) is 9.59 Å². The number of piperazine rings is 1. The van der Waals surface area contributed by atoms with E-state index in [4.69, 9.17) is 4.74 Å². The second-order valence-electron chi connectivity index (χ2n) is 6.66. The van der Waals surface area contributed by atoms with Gasteiger partial charge in [0.25, 0.3) is 11.1 Å². The molecular formula is C19H24N3O4S+. The fourth-order valence-electron chi connectivity index (χ4n) is 3.12. The van der Waals surface area contributed by atoms with Gasteiger partial charge in [-0.2, -0.15) is 0 Å². The molecule has 3 rings (SSSR count). The van der Waals surface area contributed by atoms with E-state index >= 15 is 0 Å². The molecule has 0 saturated carbocycles. The van der Waals surface area contributed by atoms with Gasteiger partial charge in [0.2, 0.25) is 5.91 Å². The van der Waals surface area contributed by atoms with Gasteiger partial charge in [-0.15, -0.1) is 0 Å². The summed E-state index contributed by atoms with van der Waals surface area (Å²) in [6.07, 6.45) is 1.83. The number of nitrogens with zero attached hydrogens (tertiary/aromatic N) is 2. The van der Waals surface area contributed by atoms with Gasteiger partial charge in [-0.25, -0.2) is 0 Å². The molecule has 1 aromatic carbocycles. The Bertz CT molecular complexity index is 772. The maximum Gasteiger partial charge on any atom is 0.293 e. The molecule has 0 aliphatic carbocycles. The van der Waals surface area contributed by atoms with Gasteiger partial charge in [-0.1, -0.05) is 18.2 Å². The summed E-state index contributed by atoms with van der Waals surface area (Å²) in [4.78, 5) is 41.9. The number of hydrogen-bond acceptors (Lipinski definition) is 5. The van der Waals surface area contributed by atoms with Gasteiger partial charge in [-0.3, -0.25) is 19.3 Å². The summed E-state index contributed by atoms with van der Waals surface area (Å²) in [5, 5.41) is -0.336. The number of para-hydroxylation sites is 1. The van der Waals surface area contributed by atoms with E-state index in [1.807, 2.05) is 23.1 Å². The first kappa shape index (κ1) is 19.4. The maximum absolute atomic E-state index is 12.6. The molecule has 0 radical (unpaired) electrons. The fourth-order valence-corrected chi connectivity index (χ4v) is 3.98. The predicted molar refractivity (Wildman–Crippen MR) is 103 cm³/mol. The Morgan fingerprint density at radius 1 is 1.26 bits per heavy atom. The Morgan fingerprint density at radius 2 is 1.96 bits per heavy atom. The van der Waals surface area contributed by atoms with E-state index in [-0.39, 0.29) is 30.0 Å². The van der Waals surface area contributed by atoms with Crippen LogP contribution in [-0.4, -0.2) is 73.7 Å². The molecule has 0 unspecified atom stereocenters. The van der Waals surface area contributed by atoms with Crippen molar-refractivity contribution in [3.8, 4) is 5.75 Å². The van der Waals surface area contributed by atoms with Crippen LogP contribution in [0, 0.1) is 0 Å². The van der Waals surface area contributed by atoms with Crippen LogP contribution < -0.4 is 9.64 Å². The van der Waals surface area contributed by atoms with E-state index in [0.29, 0.717) is 10.7 Å². The molecule has 2 aliphatic rings. The molecule has 3 amide bonds. The van der Waals surface area contributed by atoms with Crippen LogP contribution >= 0.6 is 11.8 Å². The molecule has 144 valence electrons. The monoisotopic (exact) mass is 390 g/mol. The number of carbonyl (C=O) groups excluding carboxylic acids is 3. The van der Waals surface area contributed by atoms with Crippen molar-refractivity contribution >= 4 is 34.9 Å². The van der Waals surface area contributed by atoms with E-state index < -0.39 is 0 Å². The number of carbonyl (C=O) groups is 3. The van der Waals surface area contributed by atoms with Crippen molar-refractivity contribution in [2.24, 2.45) is 0 Å². The third-order valence-corrected chi connectivity index (χ3v) is 5.73. The molecule has 1 aromatic rings. The summed E-state index contributed by atoms with van der Waals surface area (Å²) in [5.74, 6) is 0.276. The zero-order valence-corrected chi connectivity index (χ0v) is 16.4. The van der Waals surface area contributed by atoms with Crippen LogP contribution in [0.2, 0.25) is 0 Å². The van der Waals surface area contributed by atoms with Gasteiger partial charge in [0, 0.05) is 18.5 Å². The van der Waals surface area contributed by atoms with Crippen LogP contribution in [0.3, 0.4) is 0 Å². The van der Waals surface area contributed by atoms with Crippen molar-refractivity contribution < 1.29 is 24.0 Å². The Morgan fingerprint density at radius 3 is 2.67 bits per heavy atom. The third-order valence-electron chi connectivity index (χ3n) is 4.82. The van der Waals surface area contributed by atoms with Gasteiger partial charge >= 0.3 is 0 Å². The first-order chi connectivity index (χ1) is 13.0. The van der Waals surface area contributed by atoms with E-state index in [2.05, 4.69) is 7.05 Å². The minimum absolute atomic E-state index is 0.00439. The highest BCUT2D eigenvalue weighted by atomic mass is 32.2. The van der Waals surface area contributed by atoms with Gasteiger partial charge in [0.1, 0.15) is 5.75 Å². The molecule has 0 atom stereocenters. The van der Waals surface area contributed by atoms with Gasteiger partial charge in [0.15, 0.2) is 0 Å². The van der Waals surface area contributed by atoms with Crippen LogP contribution in [0.5, 0.6) is 5.75 Å². The molecule has 7 nitrogen and oxygen atoms in total.